The molecule has 18 heavy (non-hydrogen) atoms. The molecule has 2 atom stereocenters. The van der Waals surface area contributed by atoms with Crippen LogP contribution in [-0.4, -0.2) is 49.8 Å². The van der Waals surface area contributed by atoms with Gasteiger partial charge >= 0.3 is 0 Å². The summed E-state index contributed by atoms with van der Waals surface area (Å²) < 4.78 is 5.27. The first-order chi connectivity index (χ1) is 8.69. The Morgan fingerprint density at radius 2 is 1.83 bits per heavy atom. The van der Waals surface area contributed by atoms with Crippen molar-refractivity contribution in [1.29, 1.82) is 0 Å². The van der Waals surface area contributed by atoms with Crippen LogP contribution in [0.25, 0.3) is 0 Å². The summed E-state index contributed by atoms with van der Waals surface area (Å²) >= 11 is 0. The summed E-state index contributed by atoms with van der Waals surface area (Å²) in [6.45, 7) is 9.84. The molecular weight excluding hydrogens is 224 g/mol. The van der Waals surface area contributed by atoms with Gasteiger partial charge in [0.2, 0.25) is 0 Å². The molecule has 0 aromatic rings. The average Bonchev–Trinajstić information content (AvgIpc) is 2.39. The van der Waals surface area contributed by atoms with Gasteiger partial charge in [0.25, 0.3) is 0 Å². The van der Waals surface area contributed by atoms with Crippen molar-refractivity contribution in [2.24, 2.45) is 0 Å². The summed E-state index contributed by atoms with van der Waals surface area (Å²) in [5, 5.41) is 3.75. The molecule has 1 saturated carbocycles. The molecule has 1 aliphatic carbocycles. The van der Waals surface area contributed by atoms with Gasteiger partial charge in [0.05, 0.1) is 6.61 Å². The Morgan fingerprint density at radius 3 is 2.39 bits per heavy atom. The summed E-state index contributed by atoms with van der Waals surface area (Å²) in [6, 6.07) is 1.85. The monoisotopic (exact) mass is 256 g/mol. The predicted octanol–water partition coefficient (Wildman–Crippen LogP) is 2.65. The van der Waals surface area contributed by atoms with E-state index in [1.807, 2.05) is 0 Å². The van der Waals surface area contributed by atoms with Crippen LogP contribution in [0.15, 0.2) is 0 Å². The molecule has 0 saturated heterocycles. The predicted molar refractivity (Wildman–Crippen MR) is 78.1 cm³/mol. The molecule has 2 unspecified atom stereocenters. The molecule has 0 aliphatic heterocycles. The highest BCUT2D eigenvalue weighted by molar-refractivity contribution is 4.78. The zero-order chi connectivity index (χ0) is 13.4. The number of hydrogen-bond donors (Lipinski definition) is 1. The first-order valence-corrected chi connectivity index (χ1v) is 7.67. The number of likely N-dealkylation sites (N-methyl/N-ethyl adjacent to an activating group) is 1. The molecule has 3 nitrogen and oxygen atoms in total. The molecule has 1 aliphatic rings. The quantitative estimate of drug-likeness (QED) is 0.722. The van der Waals surface area contributed by atoms with Gasteiger partial charge in [0, 0.05) is 31.8 Å². The Balaban J connectivity index is 2.29. The Bertz CT molecular complexity index is 205. The van der Waals surface area contributed by atoms with E-state index in [-0.39, 0.29) is 0 Å². The average molecular weight is 256 g/mol. The second kappa shape index (κ2) is 8.89. The van der Waals surface area contributed by atoms with Crippen LogP contribution in [0.1, 0.15) is 52.9 Å². The van der Waals surface area contributed by atoms with Crippen LogP contribution >= 0.6 is 0 Å². The SMILES string of the molecule is CCN(C(C)CNC1CCCCC1)C(C)COC. The normalized spacial score (nSPS) is 21.2. The molecule has 0 aromatic carbocycles. The van der Waals surface area contributed by atoms with Crippen LogP contribution < -0.4 is 5.32 Å². The van der Waals surface area contributed by atoms with Crippen molar-refractivity contribution in [2.75, 3.05) is 26.8 Å². The standard InChI is InChI=1S/C15H32N2O/c1-5-17(14(3)12-18-4)13(2)11-16-15-9-7-6-8-10-15/h13-16H,5-12H2,1-4H3. The molecule has 0 spiro atoms. The van der Waals surface area contributed by atoms with E-state index in [0.717, 1.165) is 25.7 Å². The summed E-state index contributed by atoms with van der Waals surface area (Å²) in [7, 11) is 1.79. The van der Waals surface area contributed by atoms with Crippen molar-refractivity contribution in [2.45, 2.75) is 71.0 Å². The lowest BCUT2D eigenvalue weighted by Crippen LogP contribution is -2.48. The van der Waals surface area contributed by atoms with Crippen LogP contribution in [0.5, 0.6) is 0 Å². The summed E-state index contributed by atoms with van der Waals surface area (Å²) in [6.07, 6.45) is 6.98. The summed E-state index contributed by atoms with van der Waals surface area (Å²) in [4.78, 5) is 2.53. The maximum absolute atomic E-state index is 5.27. The van der Waals surface area contributed by atoms with E-state index in [4.69, 9.17) is 4.74 Å². The van der Waals surface area contributed by atoms with Gasteiger partial charge in [-0.25, -0.2) is 0 Å². The highest BCUT2D eigenvalue weighted by atomic mass is 16.5. The highest BCUT2D eigenvalue weighted by Crippen LogP contribution is 2.17. The van der Waals surface area contributed by atoms with Crippen molar-refractivity contribution in [3.63, 3.8) is 0 Å². The minimum absolute atomic E-state index is 0.503. The molecule has 1 fully saturated rings. The van der Waals surface area contributed by atoms with Gasteiger partial charge in [-0.2, -0.15) is 0 Å². The van der Waals surface area contributed by atoms with Gasteiger partial charge in [-0.05, 0) is 33.2 Å². The van der Waals surface area contributed by atoms with Gasteiger partial charge < -0.3 is 10.1 Å². The molecule has 0 bridgehead atoms. The Hall–Kier alpha value is -0.120. The van der Waals surface area contributed by atoms with Crippen molar-refractivity contribution in [3.05, 3.63) is 0 Å². The van der Waals surface area contributed by atoms with Crippen molar-refractivity contribution < 1.29 is 4.74 Å². The van der Waals surface area contributed by atoms with E-state index >= 15 is 0 Å². The van der Waals surface area contributed by atoms with Crippen molar-refractivity contribution in [1.82, 2.24) is 10.2 Å². The van der Waals surface area contributed by atoms with E-state index in [0.29, 0.717) is 12.1 Å². The fraction of sp³-hybridized carbons (Fsp3) is 1.00. The largest absolute Gasteiger partial charge is 0.383 e. The molecule has 0 amide bonds. The fourth-order valence-corrected chi connectivity index (χ4v) is 3.16. The second-order valence-corrected chi connectivity index (χ2v) is 5.73. The molecule has 0 heterocycles. The number of methoxy groups -OCH3 is 1. The summed E-state index contributed by atoms with van der Waals surface area (Å²) in [5.74, 6) is 0. The molecule has 1 rings (SSSR count). The van der Waals surface area contributed by atoms with Crippen LogP contribution in [0, 0.1) is 0 Å². The van der Waals surface area contributed by atoms with E-state index < -0.39 is 0 Å². The zero-order valence-electron chi connectivity index (χ0n) is 12.7. The minimum atomic E-state index is 0.503. The lowest BCUT2D eigenvalue weighted by atomic mass is 9.95. The van der Waals surface area contributed by atoms with Gasteiger partial charge in [-0.1, -0.05) is 26.2 Å². The van der Waals surface area contributed by atoms with E-state index in [1.54, 1.807) is 7.11 Å². The number of nitrogens with one attached hydrogen (secondary N) is 1. The topological polar surface area (TPSA) is 24.5 Å². The Morgan fingerprint density at radius 1 is 1.17 bits per heavy atom. The van der Waals surface area contributed by atoms with Crippen molar-refractivity contribution >= 4 is 0 Å². The molecule has 0 radical (unpaired) electrons. The van der Waals surface area contributed by atoms with Crippen LogP contribution in [-0.2, 0) is 4.74 Å². The highest BCUT2D eigenvalue weighted by Gasteiger charge is 2.20. The van der Waals surface area contributed by atoms with E-state index in [1.165, 1.54) is 32.1 Å². The third kappa shape index (κ3) is 5.25. The smallest absolute Gasteiger partial charge is 0.0615 e. The number of nitrogens with zero attached hydrogens (tertiary/aromatic N) is 1. The molecule has 3 heteroatoms. The fourth-order valence-electron chi connectivity index (χ4n) is 3.16. The molecular formula is C15H32N2O. The number of rotatable bonds is 8. The van der Waals surface area contributed by atoms with Gasteiger partial charge in [0.1, 0.15) is 0 Å². The number of hydrogen-bond acceptors (Lipinski definition) is 3. The zero-order valence-corrected chi connectivity index (χ0v) is 12.7. The summed E-state index contributed by atoms with van der Waals surface area (Å²) in [5.41, 5.74) is 0. The second-order valence-electron chi connectivity index (χ2n) is 5.73. The van der Waals surface area contributed by atoms with Crippen LogP contribution in [0.2, 0.25) is 0 Å². The molecule has 108 valence electrons. The Labute approximate surface area is 113 Å². The maximum atomic E-state index is 5.27. The first kappa shape index (κ1) is 15.9. The third-order valence-electron chi connectivity index (χ3n) is 4.21. The van der Waals surface area contributed by atoms with E-state index in [9.17, 15) is 0 Å². The maximum Gasteiger partial charge on any atom is 0.0615 e. The number of ether oxygens (including phenoxy) is 1. The first-order valence-electron chi connectivity index (χ1n) is 7.67. The molecule has 1 N–H and O–H groups in total. The minimum Gasteiger partial charge on any atom is -0.383 e. The lowest BCUT2D eigenvalue weighted by Gasteiger charge is -2.35. The lowest BCUT2D eigenvalue weighted by molar-refractivity contribution is 0.0766. The van der Waals surface area contributed by atoms with Crippen molar-refractivity contribution in [3.8, 4) is 0 Å². The van der Waals surface area contributed by atoms with Crippen LogP contribution in [0.4, 0.5) is 0 Å². The van der Waals surface area contributed by atoms with Gasteiger partial charge in [0.15, 0.2) is 0 Å². The molecule has 0 aromatic heterocycles. The van der Waals surface area contributed by atoms with Gasteiger partial charge in [-0.3, -0.25) is 4.90 Å². The van der Waals surface area contributed by atoms with E-state index in [2.05, 4.69) is 31.0 Å². The van der Waals surface area contributed by atoms with Crippen LogP contribution in [0.3, 0.4) is 0 Å². The third-order valence-corrected chi connectivity index (χ3v) is 4.21. The van der Waals surface area contributed by atoms with Gasteiger partial charge in [-0.15, -0.1) is 0 Å². The Kier molecular flexibility index (Phi) is 7.87.